The SMILES string of the molecule is CCOc1ccc(/C=N/Nc2nnc(SCC(=O)Nc3ccccc3)n2N)cc1. The first kappa shape index (κ1) is 20.2. The maximum atomic E-state index is 12.0. The van der Waals surface area contributed by atoms with Crippen LogP contribution in [0.4, 0.5) is 11.6 Å². The molecule has 0 aliphatic carbocycles. The molecule has 2 aromatic carbocycles. The number of nitrogens with zero attached hydrogens (tertiary/aromatic N) is 4. The van der Waals surface area contributed by atoms with Crippen molar-refractivity contribution in [2.45, 2.75) is 12.1 Å². The van der Waals surface area contributed by atoms with E-state index >= 15 is 0 Å². The lowest BCUT2D eigenvalue weighted by Gasteiger charge is -2.05. The van der Waals surface area contributed by atoms with Crippen LogP contribution in [0.5, 0.6) is 5.75 Å². The summed E-state index contributed by atoms with van der Waals surface area (Å²) in [6.45, 7) is 2.56. The van der Waals surface area contributed by atoms with Crippen LogP contribution >= 0.6 is 11.8 Å². The van der Waals surface area contributed by atoms with Gasteiger partial charge < -0.3 is 15.9 Å². The van der Waals surface area contributed by atoms with Crippen LogP contribution in [0.1, 0.15) is 12.5 Å². The standard InChI is InChI=1S/C19H21N7O2S/c1-2-28-16-10-8-14(9-11-16)12-21-23-18-24-25-19(26(18)20)29-13-17(27)22-15-6-4-3-5-7-15/h3-12H,2,13,20H2,1H3,(H,22,27)(H,23,24)/b21-12+. The largest absolute Gasteiger partial charge is 0.494 e. The molecule has 0 saturated heterocycles. The van der Waals surface area contributed by atoms with E-state index in [-0.39, 0.29) is 17.6 Å². The smallest absolute Gasteiger partial charge is 0.264 e. The fourth-order valence-corrected chi connectivity index (χ4v) is 2.94. The van der Waals surface area contributed by atoms with Crippen LogP contribution in [0.2, 0.25) is 0 Å². The Labute approximate surface area is 172 Å². The molecule has 0 atom stereocenters. The molecule has 0 bridgehead atoms. The van der Waals surface area contributed by atoms with Crippen LogP contribution in [0.3, 0.4) is 0 Å². The second-order valence-corrected chi connectivity index (χ2v) is 6.69. The van der Waals surface area contributed by atoms with Gasteiger partial charge in [-0.2, -0.15) is 5.10 Å². The van der Waals surface area contributed by atoms with Crippen LogP contribution in [0.25, 0.3) is 0 Å². The van der Waals surface area contributed by atoms with Crippen molar-refractivity contribution in [3.05, 3.63) is 60.2 Å². The van der Waals surface area contributed by atoms with Crippen molar-refractivity contribution >= 4 is 35.5 Å². The summed E-state index contributed by atoms with van der Waals surface area (Å²) < 4.78 is 6.64. The van der Waals surface area contributed by atoms with E-state index < -0.39 is 0 Å². The number of para-hydroxylation sites is 1. The van der Waals surface area contributed by atoms with Crippen molar-refractivity contribution in [1.29, 1.82) is 0 Å². The number of benzene rings is 2. The summed E-state index contributed by atoms with van der Waals surface area (Å²) in [7, 11) is 0. The molecule has 1 aromatic heterocycles. The Morgan fingerprint density at radius 3 is 2.69 bits per heavy atom. The lowest BCUT2D eigenvalue weighted by molar-refractivity contribution is -0.113. The monoisotopic (exact) mass is 411 g/mol. The number of ether oxygens (including phenoxy) is 1. The third-order valence-corrected chi connectivity index (χ3v) is 4.57. The number of hydrogen-bond donors (Lipinski definition) is 3. The van der Waals surface area contributed by atoms with E-state index in [1.54, 1.807) is 6.21 Å². The Morgan fingerprint density at radius 1 is 1.21 bits per heavy atom. The third-order valence-electron chi connectivity index (χ3n) is 3.62. The van der Waals surface area contributed by atoms with Crippen molar-refractivity contribution in [2.75, 3.05) is 28.9 Å². The van der Waals surface area contributed by atoms with Gasteiger partial charge in [0, 0.05) is 5.69 Å². The third kappa shape index (κ3) is 5.98. The van der Waals surface area contributed by atoms with Gasteiger partial charge in [0.15, 0.2) is 0 Å². The molecule has 29 heavy (non-hydrogen) atoms. The molecule has 0 unspecified atom stereocenters. The summed E-state index contributed by atoms with van der Waals surface area (Å²) in [5, 5.41) is 15.2. The number of carbonyl (C=O) groups is 1. The summed E-state index contributed by atoms with van der Waals surface area (Å²) in [5.74, 6) is 7.02. The molecular weight excluding hydrogens is 390 g/mol. The molecule has 4 N–H and O–H groups in total. The van der Waals surface area contributed by atoms with Gasteiger partial charge >= 0.3 is 0 Å². The molecule has 3 rings (SSSR count). The minimum Gasteiger partial charge on any atom is -0.494 e. The number of rotatable bonds is 9. The molecule has 0 fully saturated rings. The lowest BCUT2D eigenvalue weighted by atomic mass is 10.2. The minimum absolute atomic E-state index is 0.152. The zero-order valence-corrected chi connectivity index (χ0v) is 16.6. The number of anilines is 2. The quantitative estimate of drug-likeness (QED) is 0.214. The van der Waals surface area contributed by atoms with Gasteiger partial charge in [-0.3, -0.25) is 4.79 Å². The molecule has 3 aromatic rings. The van der Waals surface area contributed by atoms with Gasteiger partial charge in [-0.1, -0.05) is 30.0 Å². The fraction of sp³-hybridized carbons (Fsp3) is 0.158. The Morgan fingerprint density at radius 2 is 1.97 bits per heavy atom. The number of aromatic nitrogens is 3. The molecular formula is C19H21N7O2S. The summed E-state index contributed by atoms with van der Waals surface area (Å²) in [6.07, 6.45) is 1.63. The molecule has 10 heteroatoms. The van der Waals surface area contributed by atoms with E-state index in [9.17, 15) is 4.79 Å². The van der Waals surface area contributed by atoms with Crippen LogP contribution < -0.4 is 21.3 Å². The number of nitrogens with two attached hydrogens (primary N) is 1. The zero-order chi connectivity index (χ0) is 20.5. The maximum Gasteiger partial charge on any atom is 0.264 e. The van der Waals surface area contributed by atoms with Crippen molar-refractivity contribution in [3.8, 4) is 5.75 Å². The number of carbonyl (C=O) groups excluding carboxylic acids is 1. The first-order valence-corrected chi connectivity index (χ1v) is 9.84. The molecule has 0 aliphatic heterocycles. The van der Waals surface area contributed by atoms with E-state index in [1.165, 1.54) is 16.4 Å². The van der Waals surface area contributed by atoms with Gasteiger partial charge in [0.1, 0.15) is 5.75 Å². The number of thioether (sulfide) groups is 1. The topological polar surface area (TPSA) is 119 Å². The van der Waals surface area contributed by atoms with Crippen molar-refractivity contribution in [1.82, 2.24) is 14.9 Å². The molecule has 0 saturated carbocycles. The Kier molecular flexibility index (Phi) is 7.06. The molecule has 0 aliphatic rings. The predicted octanol–water partition coefficient (Wildman–Crippen LogP) is 2.57. The normalized spacial score (nSPS) is 10.8. The number of amides is 1. The van der Waals surface area contributed by atoms with E-state index in [4.69, 9.17) is 10.6 Å². The summed E-state index contributed by atoms with van der Waals surface area (Å²) in [6, 6.07) is 16.7. The highest BCUT2D eigenvalue weighted by molar-refractivity contribution is 7.99. The lowest BCUT2D eigenvalue weighted by Crippen LogP contribution is -2.16. The van der Waals surface area contributed by atoms with E-state index in [0.717, 1.165) is 17.0 Å². The van der Waals surface area contributed by atoms with Crippen molar-refractivity contribution < 1.29 is 9.53 Å². The Bertz CT molecular complexity index is 958. The average Bonchev–Trinajstić information content (AvgIpc) is 3.08. The van der Waals surface area contributed by atoms with Crippen LogP contribution in [-0.4, -0.2) is 39.4 Å². The predicted molar refractivity (Wildman–Crippen MR) is 115 cm³/mol. The molecule has 0 radical (unpaired) electrons. The van der Waals surface area contributed by atoms with Gasteiger partial charge in [-0.25, -0.2) is 10.1 Å². The Balaban J connectivity index is 1.50. The van der Waals surface area contributed by atoms with Crippen LogP contribution in [0.15, 0.2) is 64.9 Å². The summed E-state index contributed by atoms with van der Waals surface area (Å²) in [4.78, 5) is 12.0. The zero-order valence-electron chi connectivity index (χ0n) is 15.8. The first-order chi connectivity index (χ1) is 14.2. The molecule has 0 spiro atoms. The number of nitrogens with one attached hydrogen (secondary N) is 2. The van der Waals surface area contributed by atoms with Gasteiger partial charge in [0.05, 0.1) is 18.6 Å². The van der Waals surface area contributed by atoms with Crippen molar-refractivity contribution in [2.24, 2.45) is 5.10 Å². The highest BCUT2D eigenvalue weighted by atomic mass is 32.2. The van der Waals surface area contributed by atoms with Gasteiger partial charge in [0.25, 0.3) is 5.95 Å². The second-order valence-electron chi connectivity index (χ2n) is 5.75. The van der Waals surface area contributed by atoms with Crippen LogP contribution in [-0.2, 0) is 4.79 Å². The van der Waals surface area contributed by atoms with E-state index in [0.29, 0.717) is 11.8 Å². The number of hydrogen-bond acceptors (Lipinski definition) is 8. The second kappa shape index (κ2) is 10.1. The highest BCUT2D eigenvalue weighted by Crippen LogP contribution is 2.17. The van der Waals surface area contributed by atoms with Crippen LogP contribution in [0, 0.1) is 0 Å². The maximum absolute atomic E-state index is 12.0. The first-order valence-electron chi connectivity index (χ1n) is 8.86. The van der Waals surface area contributed by atoms with Gasteiger partial charge in [-0.15, -0.1) is 10.2 Å². The summed E-state index contributed by atoms with van der Waals surface area (Å²) >= 11 is 1.18. The van der Waals surface area contributed by atoms with Gasteiger partial charge in [-0.05, 0) is 48.9 Å². The van der Waals surface area contributed by atoms with E-state index in [2.05, 4.69) is 26.0 Å². The minimum atomic E-state index is -0.160. The molecule has 1 amide bonds. The molecule has 1 heterocycles. The molecule has 150 valence electrons. The summed E-state index contributed by atoms with van der Waals surface area (Å²) in [5.41, 5.74) is 4.36. The number of hydrazone groups is 1. The van der Waals surface area contributed by atoms with Crippen molar-refractivity contribution in [3.63, 3.8) is 0 Å². The average molecular weight is 411 g/mol. The van der Waals surface area contributed by atoms with Gasteiger partial charge in [0.2, 0.25) is 11.1 Å². The van der Waals surface area contributed by atoms with E-state index in [1.807, 2.05) is 61.5 Å². The highest BCUT2D eigenvalue weighted by Gasteiger charge is 2.12. The fourth-order valence-electron chi connectivity index (χ4n) is 2.28. The number of nitrogen functional groups attached to an aromatic ring is 1. The Hall–Kier alpha value is -3.53. The molecule has 9 nitrogen and oxygen atoms in total.